The van der Waals surface area contributed by atoms with E-state index in [2.05, 4.69) is 49.5 Å². The first-order chi connectivity index (χ1) is 6.74. The molecule has 2 unspecified atom stereocenters. The van der Waals surface area contributed by atoms with Gasteiger partial charge in [0.25, 0.3) is 0 Å². The van der Waals surface area contributed by atoms with Crippen LogP contribution in [0.1, 0.15) is 19.4 Å². The molecular formula is C13H21N. The maximum Gasteiger partial charge on any atom is -0.00235 e. The summed E-state index contributed by atoms with van der Waals surface area (Å²) in [5.41, 5.74) is 1.45. The third-order valence-corrected chi connectivity index (χ3v) is 2.90. The van der Waals surface area contributed by atoms with Crippen LogP contribution in [0.15, 0.2) is 30.3 Å². The number of rotatable bonds is 5. The highest BCUT2D eigenvalue weighted by molar-refractivity contribution is 5.15. The third-order valence-electron chi connectivity index (χ3n) is 2.90. The number of hydrogen-bond donors (Lipinski definition) is 1. The fourth-order valence-electron chi connectivity index (χ4n) is 1.71. The molecule has 1 rings (SSSR count). The van der Waals surface area contributed by atoms with E-state index in [-0.39, 0.29) is 0 Å². The van der Waals surface area contributed by atoms with Gasteiger partial charge in [-0.15, -0.1) is 0 Å². The van der Waals surface area contributed by atoms with Crippen LogP contribution in [0.25, 0.3) is 0 Å². The minimum atomic E-state index is 0.736. The van der Waals surface area contributed by atoms with Crippen LogP contribution in [-0.4, -0.2) is 13.6 Å². The Labute approximate surface area is 87.5 Å². The van der Waals surface area contributed by atoms with Crippen LogP contribution in [0.3, 0.4) is 0 Å². The second-order valence-corrected chi connectivity index (χ2v) is 4.20. The summed E-state index contributed by atoms with van der Waals surface area (Å²) in [6.07, 6.45) is 1.18. The Kier molecular flexibility index (Phi) is 4.68. The van der Waals surface area contributed by atoms with Gasteiger partial charge in [0, 0.05) is 0 Å². The highest BCUT2D eigenvalue weighted by Gasteiger charge is 2.11. The topological polar surface area (TPSA) is 12.0 Å². The summed E-state index contributed by atoms with van der Waals surface area (Å²) >= 11 is 0. The Morgan fingerprint density at radius 1 is 1.07 bits per heavy atom. The van der Waals surface area contributed by atoms with Crippen LogP contribution in [0.4, 0.5) is 0 Å². The summed E-state index contributed by atoms with van der Waals surface area (Å²) in [5.74, 6) is 1.48. The van der Waals surface area contributed by atoms with Gasteiger partial charge in [-0.3, -0.25) is 0 Å². The van der Waals surface area contributed by atoms with Gasteiger partial charge in [0.1, 0.15) is 0 Å². The van der Waals surface area contributed by atoms with Crippen molar-refractivity contribution >= 4 is 0 Å². The van der Waals surface area contributed by atoms with Crippen LogP contribution in [0.2, 0.25) is 0 Å². The van der Waals surface area contributed by atoms with Gasteiger partial charge < -0.3 is 5.32 Å². The molecule has 0 saturated heterocycles. The number of hydrogen-bond acceptors (Lipinski definition) is 1. The van der Waals surface area contributed by atoms with Gasteiger partial charge in [0.15, 0.2) is 0 Å². The fraction of sp³-hybridized carbons (Fsp3) is 0.538. The Balaban J connectivity index is 2.44. The highest BCUT2D eigenvalue weighted by atomic mass is 14.8. The molecule has 1 nitrogen and oxygen atoms in total. The SMILES string of the molecule is CNCC(C)C(C)Cc1ccccc1. The van der Waals surface area contributed by atoms with Crippen molar-refractivity contribution in [1.29, 1.82) is 0 Å². The predicted molar refractivity (Wildman–Crippen MR) is 62.4 cm³/mol. The lowest BCUT2D eigenvalue weighted by molar-refractivity contribution is 0.374. The summed E-state index contributed by atoms with van der Waals surface area (Å²) < 4.78 is 0. The Morgan fingerprint density at radius 3 is 2.29 bits per heavy atom. The van der Waals surface area contributed by atoms with Crippen molar-refractivity contribution < 1.29 is 0 Å². The average Bonchev–Trinajstić information content (AvgIpc) is 2.19. The molecule has 1 aromatic carbocycles. The lowest BCUT2D eigenvalue weighted by Gasteiger charge is -2.19. The molecule has 14 heavy (non-hydrogen) atoms. The first kappa shape index (κ1) is 11.3. The molecule has 2 atom stereocenters. The molecule has 0 fully saturated rings. The predicted octanol–water partition coefficient (Wildman–Crippen LogP) is 2.72. The first-order valence-corrected chi connectivity index (χ1v) is 5.42. The zero-order chi connectivity index (χ0) is 10.4. The van der Waals surface area contributed by atoms with Crippen LogP contribution in [-0.2, 0) is 6.42 Å². The molecule has 0 aliphatic carbocycles. The van der Waals surface area contributed by atoms with Gasteiger partial charge >= 0.3 is 0 Å². The fourth-order valence-corrected chi connectivity index (χ4v) is 1.71. The van der Waals surface area contributed by atoms with Crippen molar-refractivity contribution in [3.8, 4) is 0 Å². The van der Waals surface area contributed by atoms with E-state index < -0.39 is 0 Å². The molecule has 0 heterocycles. The van der Waals surface area contributed by atoms with E-state index in [1.807, 2.05) is 7.05 Å². The standard InChI is InChI=1S/C13H21N/c1-11(12(2)10-14-3)9-13-7-5-4-6-8-13/h4-8,11-12,14H,9-10H2,1-3H3. The highest BCUT2D eigenvalue weighted by Crippen LogP contribution is 2.16. The van der Waals surface area contributed by atoms with E-state index in [4.69, 9.17) is 0 Å². The van der Waals surface area contributed by atoms with Gasteiger partial charge in [0.2, 0.25) is 0 Å². The maximum absolute atomic E-state index is 3.23. The molecule has 0 radical (unpaired) electrons. The van der Waals surface area contributed by atoms with Crippen molar-refractivity contribution in [1.82, 2.24) is 5.32 Å². The number of nitrogens with one attached hydrogen (secondary N) is 1. The summed E-state index contributed by atoms with van der Waals surface area (Å²) in [4.78, 5) is 0. The molecule has 0 aliphatic heterocycles. The van der Waals surface area contributed by atoms with Crippen LogP contribution < -0.4 is 5.32 Å². The van der Waals surface area contributed by atoms with E-state index in [1.54, 1.807) is 0 Å². The van der Waals surface area contributed by atoms with Gasteiger partial charge in [-0.25, -0.2) is 0 Å². The lowest BCUT2D eigenvalue weighted by Crippen LogP contribution is -2.23. The minimum Gasteiger partial charge on any atom is -0.319 e. The van der Waals surface area contributed by atoms with E-state index in [9.17, 15) is 0 Å². The van der Waals surface area contributed by atoms with Crippen LogP contribution in [0, 0.1) is 11.8 Å². The molecular weight excluding hydrogens is 170 g/mol. The molecule has 0 aliphatic rings. The third kappa shape index (κ3) is 3.51. The maximum atomic E-state index is 3.23. The van der Waals surface area contributed by atoms with Gasteiger partial charge in [-0.05, 0) is 37.4 Å². The van der Waals surface area contributed by atoms with Crippen molar-refractivity contribution in [2.75, 3.05) is 13.6 Å². The zero-order valence-electron chi connectivity index (χ0n) is 9.46. The summed E-state index contributed by atoms with van der Waals surface area (Å²) in [7, 11) is 2.02. The number of benzene rings is 1. The van der Waals surface area contributed by atoms with Crippen molar-refractivity contribution in [2.24, 2.45) is 11.8 Å². The van der Waals surface area contributed by atoms with Crippen molar-refractivity contribution in [3.05, 3.63) is 35.9 Å². The quantitative estimate of drug-likeness (QED) is 0.754. The monoisotopic (exact) mass is 191 g/mol. The average molecular weight is 191 g/mol. The van der Waals surface area contributed by atoms with Crippen LogP contribution >= 0.6 is 0 Å². The molecule has 0 spiro atoms. The molecule has 78 valence electrons. The molecule has 0 saturated carbocycles. The Morgan fingerprint density at radius 2 is 1.71 bits per heavy atom. The smallest absolute Gasteiger partial charge is 0.00235 e. The van der Waals surface area contributed by atoms with E-state index >= 15 is 0 Å². The van der Waals surface area contributed by atoms with Crippen LogP contribution in [0.5, 0.6) is 0 Å². The van der Waals surface area contributed by atoms with Crippen molar-refractivity contribution in [3.63, 3.8) is 0 Å². The Bertz CT molecular complexity index is 243. The second kappa shape index (κ2) is 5.82. The molecule has 1 N–H and O–H groups in total. The molecule has 0 bridgehead atoms. The van der Waals surface area contributed by atoms with Gasteiger partial charge in [-0.1, -0.05) is 44.2 Å². The first-order valence-electron chi connectivity index (χ1n) is 5.42. The van der Waals surface area contributed by atoms with E-state index in [0.717, 1.165) is 18.4 Å². The van der Waals surface area contributed by atoms with Crippen molar-refractivity contribution in [2.45, 2.75) is 20.3 Å². The minimum absolute atomic E-state index is 0.736. The molecule has 1 heteroatoms. The second-order valence-electron chi connectivity index (χ2n) is 4.20. The Hall–Kier alpha value is -0.820. The molecule has 1 aromatic rings. The van der Waals surface area contributed by atoms with E-state index in [1.165, 1.54) is 12.0 Å². The zero-order valence-corrected chi connectivity index (χ0v) is 9.46. The molecule has 0 aromatic heterocycles. The van der Waals surface area contributed by atoms with Gasteiger partial charge in [0.05, 0.1) is 0 Å². The van der Waals surface area contributed by atoms with Gasteiger partial charge in [-0.2, -0.15) is 0 Å². The lowest BCUT2D eigenvalue weighted by atomic mass is 9.90. The van der Waals surface area contributed by atoms with E-state index in [0.29, 0.717) is 0 Å². The summed E-state index contributed by atoms with van der Waals surface area (Å²) in [6.45, 7) is 5.74. The largest absolute Gasteiger partial charge is 0.319 e. The molecule has 0 amide bonds. The summed E-state index contributed by atoms with van der Waals surface area (Å²) in [6, 6.07) is 10.7. The normalized spacial score (nSPS) is 15.1. The summed E-state index contributed by atoms with van der Waals surface area (Å²) in [5, 5.41) is 3.23.